The summed E-state index contributed by atoms with van der Waals surface area (Å²) in [6.45, 7) is 4.38. The Kier molecular flexibility index (Phi) is 4.47. The molecule has 0 aliphatic carbocycles. The summed E-state index contributed by atoms with van der Waals surface area (Å²) in [7, 11) is 0. The third kappa shape index (κ3) is 3.38. The maximum Gasteiger partial charge on any atom is 0.336 e. The maximum atomic E-state index is 12.3. The molecule has 1 N–H and O–H groups in total. The van der Waals surface area contributed by atoms with Gasteiger partial charge in [-0.15, -0.1) is 0 Å². The third-order valence-corrected chi connectivity index (χ3v) is 3.88. The predicted molar refractivity (Wildman–Crippen MR) is 95.4 cm³/mol. The minimum atomic E-state index is -0.352. The molecule has 0 aliphatic rings. The fourth-order valence-electron chi connectivity index (χ4n) is 2.59. The summed E-state index contributed by atoms with van der Waals surface area (Å²) >= 11 is 0. The number of carbonyl (C=O) groups is 1. The molecule has 0 radical (unpaired) electrons. The van der Waals surface area contributed by atoms with Crippen LogP contribution in [0.15, 0.2) is 63.8 Å². The quantitative estimate of drug-likeness (QED) is 0.564. The van der Waals surface area contributed by atoms with Crippen LogP contribution in [0.4, 0.5) is 5.69 Å². The Labute approximate surface area is 140 Å². The molecule has 24 heavy (non-hydrogen) atoms. The molecule has 122 valence electrons. The Hall–Kier alpha value is -2.88. The molecule has 0 saturated carbocycles. The van der Waals surface area contributed by atoms with Crippen LogP contribution < -0.4 is 10.9 Å². The molecule has 0 spiro atoms. The number of Topliss-reactive ketones (excluding diaryl/α,β-unsaturated/α-hetero) is 1. The number of hydrogen-bond acceptors (Lipinski definition) is 4. The smallest absolute Gasteiger partial charge is 0.336 e. The predicted octanol–water partition coefficient (Wildman–Crippen LogP) is 4.24. The largest absolute Gasteiger partial charge is 0.423 e. The molecule has 3 rings (SSSR count). The van der Waals surface area contributed by atoms with Crippen LogP contribution in [-0.2, 0) is 6.54 Å². The fraction of sp³-hybridized carbons (Fsp3) is 0.200. The highest BCUT2D eigenvalue weighted by Gasteiger charge is 2.14. The Morgan fingerprint density at radius 3 is 2.67 bits per heavy atom. The van der Waals surface area contributed by atoms with Crippen LogP contribution >= 0.6 is 0 Å². The number of carbonyl (C=O) groups excluding carboxylic acids is 1. The van der Waals surface area contributed by atoms with E-state index in [9.17, 15) is 9.59 Å². The fourth-order valence-corrected chi connectivity index (χ4v) is 2.59. The molecule has 0 saturated heterocycles. The van der Waals surface area contributed by atoms with Gasteiger partial charge >= 0.3 is 5.63 Å². The van der Waals surface area contributed by atoms with Gasteiger partial charge in [0.25, 0.3) is 0 Å². The second-order valence-corrected chi connectivity index (χ2v) is 6.04. The molecule has 1 heterocycles. The number of nitrogens with one attached hydrogen (secondary N) is 1. The van der Waals surface area contributed by atoms with Crippen molar-refractivity contribution in [3.8, 4) is 0 Å². The zero-order valence-corrected chi connectivity index (χ0v) is 13.7. The molecular weight excluding hydrogens is 302 g/mol. The van der Waals surface area contributed by atoms with Crippen molar-refractivity contribution in [2.24, 2.45) is 5.92 Å². The molecule has 0 bridgehead atoms. The molecule has 0 atom stereocenters. The third-order valence-electron chi connectivity index (χ3n) is 3.88. The van der Waals surface area contributed by atoms with Crippen LogP contribution in [0, 0.1) is 5.92 Å². The first kappa shape index (κ1) is 16.0. The zero-order chi connectivity index (χ0) is 17.1. The van der Waals surface area contributed by atoms with E-state index in [0.29, 0.717) is 17.7 Å². The van der Waals surface area contributed by atoms with E-state index in [1.165, 1.54) is 6.07 Å². The van der Waals surface area contributed by atoms with E-state index in [2.05, 4.69) is 5.32 Å². The molecule has 2 aromatic carbocycles. The average Bonchev–Trinajstić information content (AvgIpc) is 2.59. The van der Waals surface area contributed by atoms with Crippen molar-refractivity contribution in [1.29, 1.82) is 0 Å². The average molecular weight is 321 g/mol. The Morgan fingerprint density at radius 2 is 1.88 bits per heavy atom. The van der Waals surface area contributed by atoms with Crippen molar-refractivity contribution in [2.75, 3.05) is 5.32 Å². The van der Waals surface area contributed by atoms with E-state index in [1.54, 1.807) is 12.1 Å². The first-order chi connectivity index (χ1) is 11.5. The summed E-state index contributed by atoms with van der Waals surface area (Å²) in [5.41, 5.74) is 2.80. The van der Waals surface area contributed by atoms with E-state index in [1.807, 2.05) is 50.2 Å². The van der Waals surface area contributed by atoms with Gasteiger partial charge in [-0.05, 0) is 35.9 Å². The summed E-state index contributed by atoms with van der Waals surface area (Å²) in [4.78, 5) is 23.5. The number of hydrogen-bond donors (Lipinski definition) is 1. The van der Waals surface area contributed by atoms with Crippen molar-refractivity contribution in [2.45, 2.75) is 20.4 Å². The van der Waals surface area contributed by atoms with Crippen molar-refractivity contribution in [3.05, 3.63) is 76.1 Å². The molecule has 4 nitrogen and oxygen atoms in total. The van der Waals surface area contributed by atoms with Gasteiger partial charge < -0.3 is 9.73 Å². The molecule has 4 heteroatoms. The number of benzene rings is 2. The van der Waals surface area contributed by atoms with Crippen molar-refractivity contribution >= 4 is 22.4 Å². The van der Waals surface area contributed by atoms with Crippen LogP contribution in [0.5, 0.6) is 0 Å². The second-order valence-electron chi connectivity index (χ2n) is 6.04. The van der Waals surface area contributed by atoms with E-state index in [0.717, 1.165) is 16.6 Å². The first-order valence-electron chi connectivity index (χ1n) is 7.94. The Morgan fingerprint density at radius 1 is 1.08 bits per heavy atom. The maximum absolute atomic E-state index is 12.3. The summed E-state index contributed by atoms with van der Waals surface area (Å²) in [5, 5.41) is 4.20. The van der Waals surface area contributed by atoms with Gasteiger partial charge in [0.1, 0.15) is 5.58 Å². The Bertz CT molecular complexity index is 941. The van der Waals surface area contributed by atoms with Crippen LogP contribution in [0.25, 0.3) is 11.0 Å². The van der Waals surface area contributed by atoms with Crippen molar-refractivity contribution in [1.82, 2.24) is 0 Å². The molecule has 0 amide bonds. The molecule has 3 aromatic rings. The number of anilines is 1. The zero-order valence-electron chi connectivity index (χ0n) is 13.7. The highest BCUT2D eigenvalue weighted by atomic mass is 16.4. The van der Waals surface area contributed by atoms with Gasteiger partial charge in [0.15, 0.2) is 5.78 Å². The number of fused-ring (bicyclic) bond motifs is 1. The molecule has 1 aromatic heterocycles. The van der Waals surface area contributed by atoms with Gasteiger partial charge in [0, 0.05) is 35.2 Å². The SMILES string of the molecule is CC(C)C(=O)c1ccccc1NCc1ccc2oc(=O)ccc2c1. The van der Waals surface area contributed by atoms with Gasteiger partial charge in [-0.1, -0.05) is 32.0 Å². The Balaban J connectivity index is 1.82. The molecule has 0 fully saturated rings. The van der Waals surface area contributed by atoms with Crippen LogP contribution in [0.1, 0.15) is 29.8 Å². The van der Waals surface area contributed by atoms with Crippen LogP contribution in [0.3, 0.4) is 0 Å². The van der Waals surface area contributed by atoms with Gasteiger partial charge in [0.05, 0.1) is 0 Å². The summed E-state index contributed by atoms with van der Waals surface area (Å²) in [6, 6.07) is 16.4. The molecular formula is C20H19NO3. The number of rotatable bonds is 5. The second kappa shape index (κ2) is 6.71. The van der Waals surface area contributed by atoms with Crippen LogP contribution in [-0.4, -0.2) is 5.78 Å². The number of ketones is 1. The first-order valence-corrected chi connectivity index (χ1v) is 7.94. The van der Waals surface area contributed by atoms with E-state index in [-0.39, 0.29) is 17.3 Å². The molecule has 0 unspecified atom stereocenters. The monoisotopic (exact) mass is 321 g/mol. The topological polar surface area (TPSA) is 59.3 Å². The standard InChI is InChI=1S/C20H19NO3/c1-13(2)20(23)16-5-3-4-6-17(16)21-12-14-7-9-18-15(11-14)8-10-19(22)24-18/h3-11,13,21H,12H2,1-2H3. The minimum Gasteiger partial charge on any atom is -0.423 e. The van der Waals surface area contributed by atoms with E-state index in [4.69, 9.17) is 4.42 Å². The summed E-state index contributed by atoms with van der Waals surface area (Å²) < 4.78 is 5.14. The summed E-state index contributed by atoms with van der Waals surface area (Å²) in [5.74, 6) is 0.0786. The lowest BCUT2D eigenvalue weighted by Crippen LogP contribution is -2.11. The molecule has 0 aliphatic heterocycles. The van der Waals surface area contributed by atoms with E-state index < -0.39 is 0 Å². The minimum absolute atomic E-state index is 0.0449. The van der Waals surface area contributed by atoms with E-state index >= 15 is 0 Å². The highest BCUT2D eigenvalue weighted by Crippen LogP contribution is 2.21. The normalized spacial score (nSPS) is 11.0. The van der Waals surface area contributed by atoms with Crippen LogP contribution in [0.2, 0.25) is 0 Å². The van der Waals surface area contributed by atoms with Gasteiger partial charge in [0.2, 0.25) is 0 Å². The van der Waals surface area contributed by atoms with Gasteiger partial charge in [-0.25, -0.2) is 4.79 Å². The lowest BCUT2D eigenvalue weighted by atomic mass is 9.99. The van der Waals surface area contributed by atoms with Crippen molar-refractivity contribution in [3.63, 3.8) is 0 Å². The lowest BCUT2D eigenvalue weighted by Gasteiger charge is -2.13. The summed E-state index contributed by atoms with van der Waals surface area (Å²) in [6.07, 6.45) is 0. The van der Waals surface area contributed by atoms with Gasteiger partial charge in [-0.3, -0.25) is 4.79 Å². The lowest BCUT2D eigenvalue weighted by molar-refractivity contribution is 0.0940. The van der Waals surface area contributed by atoms with Crippen molar-refractivity contribution < 1.29 is 9.21 Å². The highest BCUT2D eigenvalue weighted by molar-refractivity contribution is 6.02. The van der Waals surface area contributed by atoms with Gasteiger partial charge in [-0.2, -0.15) is 0 Å². The number of para-hydroxylation sites is 1.